The van der Waals surface area contributed by atoms with Gasteiger partial charge in [-0.3, -0.25) is 9.59 Å². The van der Waals surface area contributed by atoms with Crippen LogP contribution in [0.1, 0.15) is 35.1 Å². The van der Waals surface area contributed by atoms with E-state index in [1.165, 1.54) is 10.5 Å². The summed E-state index contributed by atoms with van der Waals surface area (Å²) in [6.07, 6.45) is 2.33. The Kier molecular flexibility index (Phi) is 9.56. The van der Waals surface area contributed by atoms with Gasteiger partial charge in [-0.15, -0.1) is 0 Å². The van der Waals surface area contributed by atoms with Crippen LogP contribution >= 0.6 is 0 Å². The van der Waals surface area contributed by atoms with Gasteiger partial charge in [0.05, 0.1) is 5.94 Å². The Hall–Kier alpha value is -4.15. The van der Waals surface area contributed by atoms with Crippen molar-refractivity contribution in [3.05, 3.63) is 107 Å². The average molecular weight is 568 g/mol. The SMILES string of the molecule is O=C(N[C@@H](Cc1ccccc1)C(=O)N1CCC[C@H]1B(O)O)[C@H](Cc1ccccc1)NC(=O)N1CCc2ccccc2C1. The Morgan fingerprint density at radius 1 is 0.786 bits per heavy atom. The molecule has 3 aromatic carbocycles. The van der Waals surface area contributed by atoms with Crippen molar-refractivity contribution in [3.8, 4) is 0 Å². The smallest absolute Gasteiger partial charge is 0.426 e. The third-order valence-electron chi connectivity index (χ3n) is 8.14. The number of benzene rings is 3. The molecule has 1 fully saturated rings. The van der Waals surface area contributed by atoms with Crippen LogP contribution in [0, 0.1) is 0 Å². The predicted octanol–water partition coefficient (Wildman–Crippen LogP) is 2.10. The molecule has 5 rings (SSSR count). The minimum absolute atomic E-state index is 0.227. The molecular formula is C32H37BN4O5. The molecule has 4 N–H and O–H groups in total. The van der Waals surface area contributed by atoms with E-state index >= 15 is 0 Å². The van der Waals surface area contributed by atoms with Gasteiger partial charge < -0.3 is 30.5 Å². The summed E-state index contributed by atoms with van der Waals surface area (Å²) in [6, 6.07) is 24.6. The largest absolute Gasteiger partial charge is 0.475 e. The van der Waals surface area contributed by atoms with Crippen LogP contribution in [-0.4, -0.2) is 75.9 Å². The third-order valence-corrected chi connectivity index (χ3v) is 8.14. The van der Waals surface area contributed by atoms with Gasteiger partial charge in [0, 0.05) is 32.5 Å². The molecule has 0 saturated carbocycles. The van der Waals surface area contributed by atoms with Crippen molar-refractivity contribution in [2.24, 2.45) is 0 Å². The maximum atomic E-state index is 13.9. The zero-order chi connectivity index (χ0) is 29.5. The molecule has 4 amide bonds. The molecule has 0 aromatic heterocycles. The summed E-state index contributed by atoms with van der Waals surface area (Å²) in [5.41, 5.74) is 4.03. The van der Waals surface area contributed by atoms with Crippen molar-refractivity contribution in [1.29, 1.82) is 0 Å². The summed E-state index contributed by atoms with van der Waals surface area (Å²) in [4.78, 5) is 44.3. The lowest BCUT2D eigenvalue weighted by molar-refractivity contribution is -0.136. The molecule has 0 spiro atoms. The molecule has 3 atom stereocenters. The number of carbonyl (C=O) groups is 3. The van der Waals surface area contributed by atoms with Gasteiger partial charge in [-0.1, -0.05) is 84.9 Å². The van der Waals surface area contributed by atoms with Crippen molar-refractivity contribution < 1.29 is 24.4 Å². The minimum Gasteiger partial charge on any atom is -0.426 e. The maximum absolute atomic E-state index is 13.9. The molecule has 3 aromatic rings. The molecule has 218 valence electrons. The molecule has 0 bridgehead atoms. The number of fused-ring (bicyclic) bond motifs is 1. The third kappa shape index (κ3) is 7.19. The second kappa shape index (κ2) is 13.7. The zero-order valence-electron chi connectivity index (χ0n) is 23.6. The number of urea groups is 1. The molecule has 0 aliphatic carbocycles. The molecule has 2 heterocycles. The van der Waals surface area contributed by atoms with E-state index in [2.05, 4.69) is 16.7 Å². The first-order valence-corrected chi connectivity index (χ1v) is 14.6. The number of nitrogens with one attached hydrogen (secondary N) is 2. The van der Waals surface area contributed by atoms with Crippen LogP contribution in [0.15, 0.2) is 84.9 Å². The maximum Gasteiger partial charge on any atom is 0.475 e. The van der Waals surface area contributed by atoms with Gasteiger partial charge in [0.1, 0.15) is 12.1 Å². The van der Waals surface area contributed by atoms with Gasteiger partial charge in [0.15, 0.2) is 0 Å². The van der Waals surface area contributed by atoms with Gasteiger partial charge >= 0.3 is 13.1 Å². The topological polar surface area (TPSA) is 122 Å². The number of hydrogen-bond donors (Lipinski definition) is 4. The lowest BCUT2D eigenvalue weighted by Crippen LogP contribution is -2.58. The minimum atomic E-state index is -1.66. The second-order valence-electron chi connectivity index (χ2n) is 11.0. The first kappa shape index (κ1) is 29.4. The van der Waals surface area contributed by atoms with Crippen molar-refractivity contribution in [1.82, 2.24) is 20.4 Å². The number of amides is 4. The van der Waals surface area contributed by atoms with Gasteiger partial charge in [-0.05, 0) is 41.5 Å². The summed E-state index contributed by atoms with van der Waals surface area (Å²) < 4.78 is 0. The molecule has 42 heavy (non-hydrogen) atoms. The van der Waals surface area contributed by atoms with E-state index in [0.29, 0.717) is 32.5 Å². The molecule has 1 saturated heterocycles. The molecule has 2 aliphatic heterocycles. The summed E-state index contributed by atoms with van der Waals surface area (Å²) in [7, 11) is -1.66. The highest BCUT2D eigenvalue weighted by atomic mass is 16.4. The molecule has 10 heteroatoms. The Morgan fingerprint density at radius 3 is 2.02 bits per heavy atom. The quantitative estimate of drug-likeness (QED) is 0.295. The fraction of sp³-hybridized carbons (Fsp3) is 0.344. The van der Waals surface area contributed by atoms with Crippen LogP contribution in [0.5, 0.6) is 0 Å². The highest BCUT2D eigenvalue weighted by Gasteiger charge is 2.40. The molecule has 0 radical (unpaired) electrons. The van der Waals surface area contributed by atoms with Crippen molar-refractivity contribution in [3.63, 3.8) is 0 Å². The molecule has 2 aliphatic rings. The van der Waals surface area contributed by atoms with Crippen LogP contribution in [0.4, 0.5) is 4.79 Å². The number of likely N-dealkylation sites (tertiary alicyclic amines) is 1. The Balaban J connectivity index is 1.36. The first-order chi connectivity index (χ1) is 20.4. The summed E-state index contributed by atoms with van der Waals surface area (Å²) in [6.45, 7) is 1.37. The second-order valence-corrected chi connectivity index (χ2v) is 11.0. The zero-order valence-corrected chi connectivity index (χ0v) is 23.6. The van der Waals surface area contributed by atoms with Crippen molar-refractivity contribution in [2.75, 3.05) is 13.1 Å². The fourth-order valence-electron chi connectivity index (χ4n) is 5.87. The molecular weight excluding hydrogens is 531 g/mol. The number of rotatable bonds is 9. The Labute approximate surface area is 246 Å². The van der Waals surface area contributed by atoms with Crippen LogP contribution in [0.25, 0.3) is 0 Å². The van der Waals surface area contributed by atoms with Crippen molar-refractivity contribution >= 4 is 25.0 Å². The van der Waals surface area contributed by atoms with Crippen LogP contribution in [-0.2, 0) is 35.4 Å². The molecule has 0 unspecified atom stereocenters. The average Bonchev–Trinajstić information content (AvgIpc) is 3.51. The highest BCUT2D eigenvalue weighted by molar-refractivity contribution is 6.43. The van der Waals surface area contributed by atoms with Crippen LogP contribution in [0.2, 0.25) is 0 Å². The van der Waals surface area contributed by atoms with E-state index in [9.17, 15) is 24.4 Å². The van der Waals surface area contributed by atoms with Crippen molar-refractivity contribution in [2.45, 2.75) is 56.7 Å². The van der Waals surface area contributed by atoms with E-state index in [1.807, 2.05) is 78.9 Å². The lowest BCUT2D eigenvalue weighted by Gasteiger charge is -2.32. The van der Waals surface area contributed by atoms with Gasteiger partial charge in [0.25, 0.3) is 0 Å². The van der Waals surface area contributed by atoms with Crippen LogP contribution < -0.4 is 10.6 Å². The Bertz CT molecular complexity index is 1370. The van der Waals surface area contributed by atoms with E-state index in [4.69, 9.17) is 0 Å². The highest BCUT2D eigenvalue weighted by Crippen LogP contribution is 2.21. The standard InChI is InChI=1S/C32H37BN4O5/c38-30(34-28(21-24-12-5-2-6-13-24)31(39)37-18-9-16-29(37)33(41)42)27(20-23-10-3-1-4-11-23)35-32(40)36-19-17-25-14-7-8-15-26(25)22-36/h1-8,10-15,27-29,41-42H,9,16-22H2,(H,34,38)(H,35,40)/t27-,28-,29-/m0/s1. The van der Waals surface area contributed by atoms with E-state index < -0.39 is 31.1 Å². The summed E-state index contributed by atoms with van der Waals surface area (Å²) in [5.74, 6) is -1.58. The Morgan fingerprint density at radius 2 is 1.38 bits per heavy atom. The summed E-state index contributed by atoms with van der Waals surface area (Å²) in [5, 5.41) is 25.6. The normalized spacial score (nSPS) is 17.6. The van der Waals surface area contributed by atoms with Gasteiger partial charge in [-0.2, -0.15) is 0 Å². The van der Waals surface area contributed by atoms with E-state index in [0.717, 1.165) is 23.1 Å². The first-order valence-electron chi connectivity index (χ1n) is 14.6. The van der Waals surface area contributed by atoms with Gasteiger partial charge in [-0.25, -0.2) is 4.79 Å². The van der Waals surface area contributed by atoms with Gasteiger partial charge in [0.2, 0.25) is 11.8 Å². The van der Waals surface area contributed by atoms with Crippen LogP contribution in [0.3, 0.4) is 0 Å². The van der Waals surface area contributed by atoms with E-state index in [-0.39, 0.29) is 24.8 Å². The molecule has 9 nitrogen and oxygen atoms in total. The number of nitrogens with zero attached hydrogens (tertiary/aromatic N) is 2. The van der Waals surface area contributed by atoms with E-state index in [1.54, 1.807) is 4.90 Å². The predicted molar refractivity (Wildman–Crippen MR) is 160 cm³/mol. The number of carbonyl (C=O) groups excluding carboxylic acids is 3. The number of hydrogen-bond acceptors (Lipinski definition) is 5. The lowest BCUT2D eigenvalue weighted by atomic mass is 9.77. The monoisotopic (exact) mass is 568 g/mol. The summed E-state index contributed by atoms with van der Waals surface area (Å²) >= 11 is 0. The fourth-order valence-corrected chi connectivity index (χ4v) is 5.87.